The Labute approximate surface area is 235 Å². The number of carbonyl (C=O) groups excluding carboxylic acids is 2. The number of hydrazone groups is 1. The van der Waals surface area contributed by atoms with E-state index < -0.39 is 17.8 Å². The summed E-state index contributed by atoms with van der Waals surface area (Å²) in [7, 11) is 3.83. The van der Waals surface area contributed by atoms with E-state index in [-0.39, 0.29) is 21.8 Å². The van der Waals surface area contributed by atoms with Crippen molar-refractivity contribution in [2.75, 3.05) is 19.0 Å². The third-order valence-corrected chi connectivity index (χ3v) is 6.04. The van der Waals surface area contributed by atoms with Gasteiger partial charge in [-0.15, -0.1) is 0 Å². The van der Waals surface area contributed by atoms with E-state index in [1.807, 2.05) is 43.3 Å². The van der Waals surface area contributed by atoms with Crippen molar-refractivity contribution >= 4 is 47.4 Å². The third kappa shape index (κ3) is 7.03. The van der Waals surface area contributed by atoms with Crippen molar-refractivity contribution in [1.29, 1.82) is 0 Å². The van der Waals surface area contributed by atoms with Crippen LogP contribution >= 0.6 is 11.6 Å². The van der Waals surface area contributed by atoms with E-state index in [1.54, 1.807) is 48.5 Å². The molecule has 0 bridgehead atoms. The van der Waals surface area contributed by atoms with Gasteiger partial charge in [0.25, 0.3) is 11.8 Å². The maximum atomic E-state index is 13.1. The summed E-state index contributed by atoms with van der Waals surface area (Å²) in [6, 6.07) is 23.5. The SMILES string of the molecule is CN(C)c1ccc(/C=C(/NC(=O)c2ccccc2Cl)C(=O)N/N=C/c2ccc(-c3cccc(C(=O)O)c3)o2)cc1. The molecular weight excluding hydrogens is 532 g/mol. The van der Waals surface area contributed by atoms with Crippen LogP contribution in [0.5, 0.6) is 0 Å². The van der Waals surface area contributed by atoms with Crippen LogP contribution in [0.3, 0.4) is 0 Å². The number of rotatable bonds is 9. The molecule has 0 radical (unpaired) electrons. The largest absolute Gasteiger partial charge is 0.478 e. The monoisotopic (exact) mass is 556 g/mol. The summed E-state index contributed by atoms with van der Waals surface area (Å²) in [6.07, 6.45) is 2.82. The van der Waals surface area contributed by atoms with Crippen molar-refractivity contribution < 1.29 is 23.9 Å². The lowest BCUT2D eigenvalue weighted by atomic mass is 10.1. The van der Waals surface area contributed by atoms with E-state index in [0.29, 0.717) is 22.6 Å². The van der Waals surface area contributed by atoms with Gasteiger partial charge < -0.3 is 19.7 Å². The van der Waals surface area contributed by atoms with Crippen LogP contribution in [0.15, 0.2) is 100 Å². The minimum Gasteiger partial charge on any atom is -0.478 e. The molecule has 0 aliphatic rings. The van der Waals surface area contributed by atoms with Gasteiger partial charge in [-0.1, -0.05) is 48.0 Å². The van der Waals surface area contributed by atoms with Crippen LogP contribution in [0, 0.1) is 0 Å². The van der Waals surface area contributed by atoms with Gasteiger partial charge in [-0.25, -0.2) is 10.2 Å². The number of nitrogens with zero attached hydrogens (tertiary/aromatic N) is 2. The van der Waals surface area contributed by atoms with Crippen LogP contribution < -0.4 is 15.6 Å². The van der Waals surface area contributed by atoms with Gasteiger partial charge in [0.15, 0.2) is 0 Å². The lowest BCUT2D eigenvalue weighted by Crippen LogP contribution is -2.33. The Bertz CT molecular complexity index is 1610. The van der Waals surface area contributed by atoms with Gasteiger partial charge in [-0.3, -0.25) is 9.59 Å². The van der Waals surface area contributed by atoms with Gasteiger partial charge in [0.2, 0.25) is 0 Å². The van der Waals surface area contributed by atoms with Crippen molar-refractivity contribution in [2.45, 2.75) is 0 Å². The normalized spacial score (nSPS) is 11.3. The topological polar surface area (TPSA) is 124 Å². The first-order valence-corrected chi connectivity index (χ1v) is 12.4. The molecule has 0 saturated carbocycles. The van der Waals surface area contributed by atoms with Gasteiger partial charge in [-0.05, 0) is 60.2 Å². The van der Waals surface area contributed by atoms with Crippen molar-refractivity contribution in [3.63, 3.8) is 0 Å². The average Bonchev–Trinajstić information content (AvgIpc) is 3.42. The Balaban J connectivity index is 1.52. The summed E-state index contributed by atoms with van der Waals surface area (Å²) in [5.41, 5.74) is 4.92. The number of carboxylic acids is 1. The molecule has 1 heterocycles. The number of aromatic carboxylic acids is 1. The summed E-state index contributed by atoms with van der Waals surface area (Å²) in [6.45, 7) is 0. The number of hydrogen-bond acceptors (Lipinski definition) is 6. The van der Waals surface area contributed by atoms with Crippen LogP contribution in [0.25, 0.3) is 17.4 Å². The Morgan fingerprint density at radius 3 is 2.40 bits per heavy atom. The van der Waals surface area contributed by atoms with Crippen molar-refractivity contribution in [3.05, 3.63) is 118 Å². The highest BCUT2D eigenvalue weighted by Crippen LogP contribution is 2.23. The third-order valence-electron chi connectivity index (χ3n) is 5.71. The molecule has 0 aliphatic heterocycles. The molecule has 4 aromatic rings. The zero-order chi connectivity index (χ0) is 28.6. The molecule has 4 rings (SSSR count). The average molecular weight is 557 g/mol. The number of hydrogen-bond donors (Lipinski definition) is 3. The van der Waals surface area contributed by atoms with E-state index in [9.17, 15) is 19.5 Å². The fraction of sp³-hybridized carbons (Fsp3) is 0.0667. The van der Waals surface area contributed by atoms with Crippen LogP contribution in [0.1, 0.15) is 32.0 Å². The number of furan rings is 1. The fourth-order valence-electron chi connectivity index (χ4n) is 3.63. The summed E-state index contributed by atoms with van der Waals surface area (Å²) >= 11 is 6.16. The maximum absolute atomic E-state index is 13.1. The van der Waals surface area contributed by atoms with E-state index in [4.69, 9.17) is 16.0 Å². The second-order valence-electron chi connectivity index (χ2n) is 8.77. The molecule has 40 heavy (non-hydrogen) atoms. The summed E-state index contributed by atoms with van der Waals surface area (Å²) in [5, 5.41) is 16.0. The molecule has 202 valence electrons. The lowest BCUT2D eigenvalue weighted by molar-refractivity contribution is -0.117. The van der Waals surface area contributed by atoms with E-state index >= 15 is 0 Å². The molecule has 0 fully saturated rings. The van der Waals surface area contributed by atoms with Crippen LogP contribution in [-0.2, 0) is 4.79 Å². The number of carboxylic acid groups (broad SMARTS) is 1. The van der Waals surface area contributed by atoms with Crippen LogP contribution in [0.2, 0.25) is 5.02 Å². The number of anilines is 1. The Kier molecular flexibility index (Phi) is 8.78. The lowest BCUT2D eigenvalue weighted by Gasteiger charge is -2.13. The Hall–Kier alpha value is -5.15. The Morgan fingerprint density at radius 2 is 1.70 bits per heavy atom. The number of benzene rings is 3. The molecule has 2 amide bonds. The number of amides is 2. The van der Waals surface area contributed by atoms with E-state index in [2.05, 4.69) is 15.8 Å². The van der Waals surface area contributed by atoms with Gasteiger partial charge in [0.1, 0.15) is 17.2 Å². The second kappa shape index (κ2) is 12.6. The van der Waals surface area contributed by atoms with Gasteiger partial charge in [0, 0.05) is 25.3 Å². The predicted octanol–water partition coefficient (Wildman–Crippen LogP) is 5.29. The minimum absolute atomic E-state index is 0.0507. The number of halogens is 1. The standard InChI is InChI=1S/C30H25ClN4O5/c1-35(2)22-12-10-19(11-13-22)16-26(33-28(36)24-8-3-4-9-25(24)31)29(37)34-32-18-23-14-15-27(40-23)20-6-5-7-21(17-20)30(38)39/h3-18H,1-2H3,(H,33,36)(H,34,37)(H,38,39)/b26-16+,32-18+. The fourth-order valence-corrected chi connectivity index (χ4v) is 3.85. The smallest absolute Gasteiger partial charge is 0.335 e. The van der Waals surface area contributed by atoms with Crippen LogP contribution in [-0.4, -0.2) is 43.2 Å². The first kappa shape index (κ1) is 27.9. The molecule has 0 aliphatic carbocycles. The first-order valence-electron chi connectivity index (χ1n) is 12.0. The zero-order valence-corrected chi connectivity index (χ0v) is 22.3. The van der Waals surface area contributed by atoms with Gasteiger partial charge in [0.05, 0.1) is 22.4 Å². The van der Waals surface area contributed by atoms with E-state index in [1.165, 1.54) is 24.4 Å². The highest BCUT2D eigenvalue weighted by Gasteiger charge is 2.16. The van der Waals surface area contributed by atoms with E-state index in [0.717, 1.165) is 5.69 Å². The molecule has 0 saturated heterocycles. The predicted molar refractivity (Wildman–Crippen MR) is 155 cm³/mol. The Morgan fingerprint density at radius 1 is 0.950 bits per heavy atom. The summed E-state index contributed by atoms with van der Waals surface area (Å²) < 4.78 is 5.71. The zero-order valence-electron chi connectivity index (χ0n) is 21.6. The minimum atomic E-state index is -1.04. The quantitative estimate of drug-likeness (QED) is 0.146. The molecule has 0 atom stereocenters. The maximum Gasteiger partial charge on any atom is 0.335 e. The highest BCUT2D eigenvalue weighted by molar-refractivity contribution is 6.34. The number of nitrogens with one attached hydrogen (secondary N) is 2. The highest BCUT2D eigenvalue weighted by atomic mass is 35.5. The van der Waals surface area contributed by atoms with Gasteiger partial charge in [-0.2, -0.15) is 5.10 Å². The molecule has 0 unspecified atom stereocenters. The molecule has 10 heteroatoms. The molecular formula is C30H25ClN4O5. The van der Waals surface area contributed by atoms with Crippen molar-refractivity contribution in [1.82, 2.24) is 10.7 Å². The molecule has 1 aromatic heterocycles. The molecule has 3 aromatic carbocycles. The van der Waals surface area contributed by atoms with Crippen molar-refractivity contribution in [2.24, 2.45) is 5.10 Å². The molecule has 0 spiro atoms. The summed E-state index contributed by atoms with van der Waals surface area (Å²) in [4.78, 5) is 39.1. The molecule has 3 N–H and O–H groups in total. The number of carbonyl (C=O) groups is 3. The second-order valence-corrected chi connectivity index (χ2v) is 9.17. The van der Waals surface area contributed by atoms with Gasteiger partial charge >= 0.3 is 5.97 Å². The van der Waals surface area contributed by atoms with Crippen LogP contribution in [0.4, 0.5) is 5.69 Å². The first-order chi connectivity index (χ1) is 19.2. The van der Waals surface area contributed by atoms with Crippen molar-refractivity contribution in [3.8, 4) is 11.3 Å². The molecule has 9 nitrogen and oxygen atoms in total. The summed E-state index contributed by atoms with van der Waals surface area (Å²) in [5.74, 6) is -1.52.